The highest BCUT2D eigenvalue weighted by Gasteiger charge is 2.26. The summed E-state index contributed by atoms with van der Waals surface area (Å²) in [5, 5.41) is 2.74. The van der Waals surface area contributed by atoms with E-state index in [9.17, 15) is 4.79 Å². The molecule has 1 N–H and O–H groups in total. The molecule has 0 saturated carbocycles. The molecular weight excluding hydrogens is 178 g/mol. The van der Waals surface area contributed by atoms with Crippen LogP contribution in [-0.2, 0) is 0 Å². The van der Waals surface area contributed by atoms with Gasteiger partial charge in [-0.3, -0.25) is 5.32 Å². The van der Waals surface area contributed by atoms with Crippen molar-refractivity contribution in [3.63, 3.8) is 0 Å². The standard InChI is InChI=1S/C10H13N3O/c1-8-6-13(7-8)10(14)12-9-4-2-3-5-11-9/h2-5,8H,6-7H2,1H3,(H,11,12,14). The summed E-state index contributed by atoms with van der Waals surface area (Å²) in [6.45, 7) is 3.82. The highest BCUT2D eigenvalue weighted by Crippen LogP contribution is 2.15. The van der Waals surface area contributed by atoms with Crippen molar-refractivity contribution in [2.75, 3.05) is 18.4 Å². The van der Waals surface area contributed by atoms with Gasteiger partial charge in [-0.15, -0.1) is 0 Å². The third kappa shape index (κ3) is 1.84. The molecule has 0 aliphatic carbocycles. The summed E-state index contributed by atoms with van der Waals surface area (Å²) in [7, 11) is 0. The molecule has 0 radical (unpaired) electrons. The van der Waals surface area contributed by atoms with Crippen molar-refractivity contribution in [1.82, 2.24) is 9.88 Å². The number of carbonyl (C=O) groups is 1. The molecule has 2 amide bonds. The molecule has 2 heterocycles. The van der Waals surface area contributed by atoms with Gasteiger partial charge in [0.2, 0.25) is 0 Å². The number of nitrogens with zero attached hydrogens (tertiary/aromatic N) is 2. The summed E-state index contributed by atoms with van der Waals surface area (Å²) in [5.41, 5.74) is 0. The van der Waals surface area contributed by atoms with Gasteiger partial charge in [-0.25, -0.2) is 9.78 Å². The van der Waals surface area contributed by atoms with E-state index in [4.69, 9.17) is 0 Å². The van der Waals surface area contributed by atoms with Crippen LogP contribution < -0.4 is 5.32 Å². The van der Waals surface area contributed by atoms with E-state index in [1.54, 1.807) is 17.2 Å². The van der Waals surface area contributed by atoms with E-state index in [0.717, 1.165) is 13.1 Å². The molecule has 74 valence electrons. The second-order valence-electron chi connectivity index (χ2n) is 3.66. The third-order valence-corrected chi connectivity index (χ3v) is 2.25. The third-order valence-electron chi connectivity index (χ3n) is 2.25. The van der Waals surface area contributed by atoms with Crippen molar-refractivity contribution in [3.8, 4) is 0 Å². The lowest BCUT2D eigenvalue weighted by Crippen LogP contribution is -2.50. The first-order valence-electron chi connectivity index (χ1n) is 4.72. The lowest BCUT2D eigenvalue weighted by atomic mass is 10.0. The largest absolute Gasteiger partial charge is 0.324 e. The molecule has 0 bridgehead atoms. The Labute approximate surface area is 82.9 Å². The first-order chi connectivity index (χ1) is 6.75. The van der Waals surface area contributed by atoms with Crippen LogP contribution in [0.2, 0.25) is 0 Å². The van der Waals surface area contributed by atoms with Crippen LogP contribution in [0.4, 0.5) is 10.6 Å². The number of amides is 2. The van der Waals surface area contributed by atoms with Crippen LogP contribution in [0.15, 0.2) is 24.4 Å². The molecule has 0 atom stereocenters. The summed E-state index contributed by atoms with van der Waals surface area (Å²) >= 11 is 0. The molecule has 1 aromatic rings. The van der Waals surface area contributed by atoms with Gasteiger partial charge in [0.1, 0.15) is 5.82 Å². The second-order valence-corrected chi connectivity index (χ2v) is 3.66. The summed E-state index contributed by atoms with van der Waals surface area (Å²) in [6.07, 6.45) is 1.66. The van der Waals surface area contributed by atoms with Gasteiger partial charge in [0.15, 0.2) is 0 Å². The molecule has 1 aliphatic heterocycles. The summed E-state index contributed by atoms with van der Waals surface area (Å²) in [4.78, 5) is 17.3. The average Bonchev–Trinajstić information content (AvgIpc) is 2.14. The van der Waals surface area contributed by atoms with E-state index in [1.165, 1.54) is 0 Å². The van der Waals surface area contributed by atoms with Crippen molar-refractivity contribution >= 4 is 11.8 Å². The van der Waals surface area contributed by atoms with E-state index in [1.807, 2.05) is 12.1 Å². The Morgan fingerprint density at radius 3 is 2.93 bits per heavy atom. The second kappa shape index (κ2) is 3.65. The number of hydrogen-bond acceptors (Lipinski definition) is 2. The summed E-state index contributed by atoms with van der Waals surface area (Å²) in [5.74, 6) is 1.24. The number of nitrogens with one attached hydrogen (secondary N) is 1. The van der Waals surface area contributed by atoms with Crippen molar-refractivity contribution in [2.24, 2.45) is 5.92 Å². The number of hydrogen-bond donors (Lipinski definition) is 1. The molecule has 1 aromatic heterocycles. The number of likely N-dealkylation sites (tertiary alicyclic amines) is 1. The number of rotatable bonds is 1. The minimum Gasteiger partial charge on any atom is -0.324 e. The number of aromatic nitrogens is 1. The van der Waals surface area contributed by atoms with Gasteiger partial charge in [0.05, 0.1) is 0 Å². The molecule has 4 nitrogen and oxygen atoms in total. The van der Waals surface area contributed by atoms with Gasteiger partial charge >= 0.3 is 6.03 Å². The minimum atomic E-state index is -0.0539. The van der Waals surface area contributed by atoms with E-state index in [2.05, 4.69) is 17.2 Å². The fraction of sp³-hybridized carbons (Fsp3) is 0.400. The molecule has 2 rings (SSSR count). The monoisotopic (exact) mass is 191 g/mol. The van der Waals surface area contributed by atoms with Crippen LogP contribution in [0.25, 0.3) is 0 Å². The average molecular weight is 191 g/mol. The van der Waals surface area contributed by atoms with Gasteiger partial charge in [0, 0.05) is 19.3 Å². The number of pyridine rings is 1. The van der Waals surface area contributed by atoms with Crippen LogP contribution in [0.3, 0.4) is 0 Å². The molecule has 0 spiro atoms. The molecule has 1 fully saturated rings. The molecule has 4 heteroatoms. The van der Waals surface area contributed by atoms with E-state index in [-0.39, 0.29) is 6.03 Å². The first kappa shape index (κ1) is 8.99. The molecule has 1 aliphatic rings. The maximum atomic E-state index is 11.5. The van der Waals surface area contributed by atoms with E-state index in [0.29, 0.717) is 11.7 Å². The Bertz CT molecular complexity index is 319. The molecule has 1 saturated heterocycles. The molecule has 0 aromatic carbocycles. The predicted molar refractivity (Wildman–Crippen MR) is 54.0 cm³/mol. The van der Waals surface area contributed by atoms with E-state index < -0.39 is 0 Å². The number of urea groups is 1. The van der Waals surface area contributed by atoms with E-state index >= 15 is 0 Å². The molecule has 0 unspecified atom stereocenters. The molecular formula is C10H13N3O. The predicted octanol–water partition coefficient (Wildman–Crippen LogP) is 1.57. The van der Waals surface area contributed by atoms with Crippen LogP contribution in [0.1, 0.15) is 6.92 Å². The van der Waals surface area contributed by atoms with Gasteiger partial charge in [0.25, 0.3) is 0 Å². The lowest BCUT2D eigenvalue weighted by Gasteiger charge is -2.36. The van der Waals surface area contributed by atoms with Crippen LogP contribution in [0, 0.1) is 5.92 Å². The maximum Gasteiger partial charge on any atom is 0.323 e. The zero-order chi connectivity index (χ0) is 9.97. The summed E-state index contributed by atoms with van der Waals surface area (Å²) < 4.78 is 0. The van der Waals surface area contributed by atoms with Gasteiger partial charge < -0.3 is 4.90 Å². The smallest absolute Gasteiger partial charge is 0.323 e. The summed E-state index contributed by atoms with van der Waals surface area (Å²) in [6, 6.07) is 5.39. The normalized spacial score (nSPS) is 16.2. The Hall–Kier alpha value is -1.58. The quantitative estimate of drug-likeness (QED) is 0.732. The topological polar surface area (TPSA) is 45.2 Å². The fourth-order valence-electron chi connectivity index (χ4n) is 1.49. The van der Waals surface area contributed by atoms with Crippen molar-refractivity contribution < 1.29 is 4.79 Å². The highest BCUT2D eigenvalue weighted by molar-refractivity contribution is 5.88. The highest BCUT2D eigenvalue weighted by atomic mass is 16.2. The lowest BCUT2D eigenvalue weighted by molar-refractivity contribution is 0.140. The maximum absolute atomic E-state index is 11.5. The van der Waals surface area contributed by atoms with Gasteiger partial charge in [-0.05, 0) is 18.1 Å². The van der Waals surface area contributed by atoms with Crippen LogP contribution in [0.5, 0.6) is 0 Å². The first-order valence-corrected chi connectivity index (χ1v) is 4.72. The van der Waals surface area contributed by atoms with Crippen LogP contribution >= 0.6 is 0 Å². The Morgan fingerprint density at radius 2 is 2.36 bits per heavy atom. The van der Waals surface area contributed by atoms with Crippen LogP contribution in [-0.4, -0.2) is 29.0 Å². The molecule has 14 heavy (non-hydrogen) atoms. The van der Waals surface area contributed by atoms with Crippen molar-refractivity contribution in [1.29, 1.82) is 0 Å². The fourth-order valence-corrected chi connectivity index (χ4v) is 1.49. The zero-order valence-electron chi connectivity index (χ0n) is 8.10. The van der Waals surface area contributed by atoms with Gasteiger partial charge in [-0.2, -0.15) is 0 Å². The van der Waals surface area contributed by atoms with Crippen molar-refractivity contribution in [2.45, 2.75) is 6.92 Å². The van der Waals surface area contributed by atoms with Gasteiger partial charge in [-0.1, -0.05) is 13.0 Å². The SMILES string of the molecule is CC1CN(C(=O)Nc2ccccn2)C1. The number of carbonyl (C=O) groups excluding carboxylic acids is 1. The Balaban J connectivity index is 1.89. The Morgan fingerprint density at radius 1 is 1.57 bits per heavy atom. The van der Waals surface area contributed by atoms with Crippen molar-refractivity contribution in [3.05, 3.63) is 24.4 Å². The number of anilines is 1. The Kier molecular flexibility index (Phi) is 2.35. The zero-order valence-corrected chi connectivity index (χ0v) is 8.10. The minimum absolute atomic E-state index is 0.0539.